The lowest BCUT2D eigenvalue weighted by molar-refractivity contribution is -0.116. The Morgan fingerprint density at radius 1 is 1.26 bits per heavy atom. The van der Waals surface area contributed by atoms with Crippen molar-refractivity contribution in [1.82, 2.24) is 9.88 Å². The number of rotatable bonds is 8. The number of halogens is 4. The molecule has 0 spiro atoms. The van der Waals surface area contributed by atoms with E-state index in [1.54, 1.807) is 35.4 Å². The molecule has 4 rings (SSSR count). The van der Waals surface area contributed by atoms with E-state index < -0.39 is 11.7 Å². The smallest absolute Gasteiger partial charge is 0.261 e. The summed E-state index contributed by atoms with van der Waals surface area (Å²) in [5, 5.41) is 7.47. The molecule has 1 aliphatic rings. The molecule has 3 aromatic rings. The van der Waals surface area contributed by atoms with Crippen molar-refractivity contribution in [2.75, 3.05) is 37.4 Å². The molecule has 0 saturated carbocycles. The van der Waals surface area contributed by atoms with Crippen LogP contribution in [0.4, 0.5) is 30.4 Å². The highest BCUT2D eigenvalue weighted by molar-refractivity contribution is 6.31. The molecule has 0 atom stereocenters. The summed E-state index contributed by atoms with van der Waals surface area (Å²) in [5.74, 6) is -2.44. The van der Waals surface area contributed by atoms with Crippen molar-refractivity contribution in [3.63, 3.8) is 0 Å². The summed E-state index contributed by atoms with van der Waals surface area (Å²) in [6, 6.07) is 9.59. The number of anilines is 3. The zero-order valence-corrected chi connectivity index (χ0v) is 19.3. The minimum atomic E-state index is -2.64. The van der Waals surface area contributed by atoms with Crippen molar-refractivity contribution in [2.24, 2.45) is 0 Å². The van der Waals surface area contributed by atoms with E-state index in [0.29, 0.717) is 47.8 Å². The third-order valence-corrected chi connectivity index (χ3v) is 5.96. The molecular formula is C24H24ClF3N4O2. The molecular weight excluding hydrogens is 469 g/mol. The minimum Gasteiger partial charge on any atom is -0.495 e. The number of fused-ring (bicyclic) bond motifs is 1. The number of carbonyl (C=O) groups is 1. The van der Waals surface area contributed by atoms with Crippen LogP contribution in [0.2, 0.25) is 5.02 Å². The average Bonchev–Trinajstić information content (AvgIpc) is 3.14. The van der Waals surface area contributed by atoms with Crippen molar-refractivity contribution < 1.29 is 22.7 Å². The van der Waals surface area contributed by atoms with E-state index in [9.17, 15) is 18.0 Å². The van der Waals surface area contributed by atoms with Gasteiger partial charge in [-0.15, -0.1) is 0 Å². The molecule has 1 saturated heterocycles. The van der Waals surface area contributed by atoms with Gasteiger partial charge in [-0.25, -0.2) is 18.2 Å². The molecule has 2 N–H and O–H groups in total. The first-order chi connectivity index (χ1) is 16.2. The first-order valence-electron chi connectivity index (χ1n) is 10.8. The number of ether oxygens (including phenoxy) is 1. The standard InChI is InChI=1S/C24H24ClF3N4O2/c1-34-21-11-15-6-8-29-23(30-16-4-5-19(26)18(25)12-16)17(15)13-20(21)31-22(33)3-2-9-32-10-7-24(27,28)14-32/h4-6,8,11-13H,2-3,7,9-10,14H2,1H3,(H,29,30)(H,31,33). The number of alkyl halides is 2. The summed E-state index contributed by atoms with van der Waals surface area (Å²) in [5.41, 5.74) is 1.01. The zero-order valence-electron chi connectivity index (χ0n) is 18.5. The molecule has 1 amide bonds. The van der Waals surface area contributed by atoms with Gasteiger partial charge in [-0.2, -0.15) is 0 Å². The first-order valence-corrected chi connectivity index (χ1v) is 11.2. The van der Waals surface area contributed by atoms with Gasteiger partial charge < -0.3 is 15.4 Å². The quantitative estimate of drug-likeness (QED) is 0.413. The van der Waals surface area contributed by atoms with E-state index in [1.807, 2.05) is 0 Å². The Morgan fingerprint density at radius 3 is 2.79 bits per heavy atom. The molecule has 1 aliphatic heterocycles. The lowest BCUT2D eigenvalue weighted by Gasteiger charge is -2.16. The third kappa shape index (κ3) is 5.71. The molecule has 10 heteroatoms. The second-order valence-electron chi connectivity index (χ2n) is 8.22. The van der Waals surface area contributed by atoms with Gasteiger partial charge in [0.05, 0.1) is 24.4 Å². The Kier molecular flexibility index (Phi) is 7.13. The van der Waals surface area contributed by atoms with Crippen LogP contribution in [-0.2, 0) is 4.79 Å². The van der Waals surface area contributed by atoms with Gasteiger partial charge in [0.1, 0.15) is 17.4 Å². The van der Waals surface area contributed by atoms with Crippen molar-refractivity contribution in [3.05, 3.63) is 53.4 Å². The molecule has 2 heterocycles. The number of pyridine rings is 1. The number of hydrogen-bond donors (Lipinski definition) is 2. The largest absolute Gasteiger partial charge is 0.495 e. The average molecular weight is 493 g/mol. The first kappa shape index (κ1) is 24.1. The Labute approximate surface area is 200 Å². The van der Waals surface area contributed by atoms with E-state index in [1.165, 1.54) is 19.2 Å². The van der Waals surface area contributed by atoms with E-state index >= 15 is 0 Å². The number of carbonyl (C=O) groups excluding carboxylic acids is 1. The molecule has 34 heavy (non-hydrogen) atoms. The maximum Gasteiger partial charge on any atom is 0.261 e. The third-order valence-electron chi connectivity index (χ3n) is 5.67. The van der Waals surface area contributed by atoms with E-state index in [0.717, 1.165) is 5.39 Å². The number of aromatic nitrogens is 1. The molecule has 0 bridgehead atoms. The second kappa shape index (κ2) is 10.1. The molecule has 1 fully saturated rings. The number of amides is 1. The van der Waals surface area contributed by atoms with Gasteiger partial charge in [0.25, 0.3) is 5.92 Å². The highest BCUT2D eigenvalue weighted by atomic mass is 35.5. The maximum atomic E-state index is 13.5. The van der Waals surface area contributed by atoms with Crippen LogP contribution >= 0.6 is 11.6 Å². The molecule has 0 radical (unpaired) electrons. The van der Waals surface area contributed by atoms with Crippen LogP contribution in [0.25, 0.3) is 10.8 Å². The fraction of sp³-hybridized carbons (Fsp3) is 0.333. The topological polar surface area (TPSA) is 66.5 Å². The Balaban J connectivity index is 1.48. The summed E-state index contributed by atoms with van der Waals surface area (Å²) in [6.45, 7) is 0.528. The highest BCUT2D eigenvalue weighted by Gasteiger charge is 2.37. The predicted molar refractivity (Wildman–Crippen MR) is 127 cm³/mol. The SMILES string of the molecule is COc1cc2ccnc(Nc3ccc(F)c(Cl)c3)c2cc1NC(=O)CCCN1CCC(F)(F)C1. The number of hydrogen-bond acceptors (Lipinski definition) is 5. The lowest BCUT2D eigenvalue weighted by Crippen LogP contribution is -2.27. The van der Waals surface area contributed by atoms with Gasteiger partial charge in [-0.3, -0.25) is 9.69 Å². The van der Waals surface area contributed by atoms with Crippen LogP contribution in [0.3, 0.4) is 0 Å². The normalized spacial score (nSPS) is 15.4. The lowest BCUT2D eigenvalue weighted by atomic mass is 10.1. The molecule has 180 valence electrons. The number of methoxy groups -OCH3 is 1. The predicted octanol–water partition coefficient (Wildman–Crippen LogP) is 5.84. The number of nitrogens with zero attached hydrogens (tertiary/aromatic N) is 2. The van der Waals surface area contributed by atoms with Gasteiger partial charge in [0, 0.05) is 36.7 Å². The van der Waals surface area contributed by atoms with Gasteiger partial charge in [0.15, 0.2) is 0 Å². The summed E-state index contributed by atoms with van der Waals surface area (Å²) < 4.78 is 45.6. The summed E-state index contributed by atoms with van der Waals surface area (Å²) in [7, 11) is 1.51. The van der Waals surface area contributed by atoms with Crippen molar-refractivity contribution in [3.8, 4) is 5.75 Å². The number of likely N-dealkylation sites (tertiary alicyclic amines) is 1. The van der Waals surface area contributed by atoms with Crippen molar-refractivity contribution >= 4 is 45.5 Å². The van der Waals surface area contributed by atoms with Gasteiger partial charge in [0.2, 0.25) is 5.91 Å². The molecule has 6 nitrogen and oxygen atoms in total. The van der Waals surface area contributed by atoms with E-state index in [-0.39, 0.29) is 30.3 Å². The van der Waals surface area contributed by atoms with E-state index in [4.69, 9.17) is 16.3 Å². The van der Waals surface area contributed by atoms with Crippen LogP contribution in [0.15, 0.2) is 42.6 Å². The fourth-order valence-electron chi connectivity index (χ4n) is 3.95. The van der Waals surface area contributed by atoms with Gasteiger partial charge in [-0.05, 0) is 54.8 Å². The van der Waals surface area contributed by atoms with Crippen LogP contribution < -0.4 is 15.4 Å². The maximum absolute atomic E-state index is 13.5. The fourth-order valence-corrected chi connectivity index (χ4v) is 4.13. The zero-order chi connectivity index (χ0) is 24.3. The molecule has 1 aromatic heterocycles. The van der Waals surface area contributed by atoms with Crippen LogP contribution in [0, 0.1) is 5.82 Å². The Bertz CT molecular complexity index is 1210. The number of benzene rings is 2. The molecule has 2 aromatic carbocycles. The van der Waals surface area contributed by atoms with Crippen molar-refractivity contribution in [2.45, 2.75) is 25.2 Å². The molecule has 0 unspecified atom stereocenters. The van der Waals surface area contributed by atoms with Crippen LogP contribution in [0.5, 0.6) is 5.75 Å². The van der Waals surface area contributed by atoms with Gasteiger partial charge >= 0.3 is 0 Å². The molecule has 0 aliphatic carbocycles. The Hall–Kier alpha value is -3.04. The Morgan fingerprint density at radius 2 is 2.09 bits per heavy atom. The number of nitrogens with one attached hydrogen (secondary N) is 2. The van der Waals surface area contributed by atoms with Crippen LogP contribution in [-0.4, -0.2) is 48.5 Å². The van der Waals surface area contributed by atoms with Crippen molar-refractivity contribution in [1.29, 1.82) is 0 Å². The van der Waals surface area contributed by atoms with Gasteiger partial charge in [-0.1, -0.05) is 11.6 Å². The van der Waals surface area contributed by atoms with E-state index in [2.05, 4.69) is 15.6 Å². The minimum absolute atomic E-state index is 0.0162. The van der Waals surface area contributed by atoms with Crippen LogP contribution in [0.1, 0.15) is 19.3 Å². The second-order valence-corrected chi connectivity index (χ2v) is 8.63. The summed E-state index contributed by atoms with van der Waals surface area (Å²) in [6.07, 6.45) is 2.14. The summed E-state index contributed by atoms with van der Waals surface area (Å²) in [4.78, 5) is 18.6. The monoisotopic (exact) mass is 492 g/mol. The summed E-state index contributed by atoms with van der Waals surface area (Å²) >= 11 is 5.88. The highest BCUT2D eigenvalue weighted by Crippen LogP contribution is 2.34.